The molecule has 0 fully saturated rings. The van der Waals surface area contributed by atoms with E-state index in [1.807, 2.05) is 30.3 Å². The molecule has 52 heavy (non-hydrogen) atoms. The highest BCUT2D eigenvalue weighted by Gasteiger charge is 2.21. The summed E-state index contributed by atoms with van der Waals surface area (Å²) in [4.78, 5) is 11.0. The maximum atomic E-state index is 6.34. The van der Waals surface area contributed by atoms with E-state index < -0.39 is 0 Å². The van der Waals surface area contributed by atoms with Crippen LogP contribution in [0.2, 0.25) is 0 Å². The highest BCUT2D eigenvalue weighted by Crippen LogP contribution is 2.44. The third kappa shape index (κ3) is 4.31. The van der Waals surface area contributed by atoms with E-state index in [1.54, 1.807) is 18.6 Å². The molecular weight excluding hydrogens is 643 g/mol. The molecule has 0 radical (unpaired) electrons. The van der Waals surface area contributed by atoms with E-state index in [4.69, 9.17) is 13.3 Å². The minimum atomic E-state index is 0.644. The maximum Gasteiger partial charge on any atom is 0.227 e. The standard InChI is InChI=1S/C46H27N3O3/c1-2-14-40-38(7-1)43-39(13-5-15-41(43)50-40)49(30-20-16-28(17-21-30)32-8-3-10-35-34-24-26-47-27-42(34)51-44(32)35)31-22-18-29(19-23-31)33-9-4-11-36-37-12-6-25-48-46(37)52-45(33)36/h1-27H. The van der Waals surface area contributed by atoms with Crippen LogP contribution in [0.1, 0.15) is 0 Å². The Kier molecular flexibility index (Phi) is 6.15. The molecule has 6 heteroatoms. The number of hydrogen-bond donors (Lipinski definition) is 0. The molecule has 0 saturated heterocycles. The Balaban J connectivity index is 1.06. The van der Waals surface area contributed by atoms with Crippen molar-refractivity contribution in [2.45, 2.75) is 0 Å². The van der Waals surface area contributed by atoms with Crippen molar-refractivity contribution in [2.24, 2.45) is 0 Å². The van der Waals surface area contributed by atoms with Crippen LogP contribution >= 0.6 is 0 Å². The summed E-state index contributed by atoms with van der Waals surface area (Å²) in [5.74, 6) is 0. The molecule has 0 spiro atoms. The number of nitrogens with zero attached hydrogens (tertiary/aromatic N) is 3. The third-order valence-corrected chi connectivity index (χ3v) is 10.1. The Labute approximate surface area is 296 Å². The van der Waals surface area contributed by atoms with Gasteiger partial charge >= 0.3 is 0 Å². The van der Waals surface area contributed by atoms with Crippen LogP contribution < -0.4 is 4.90 Å². The van der Waals surface area contributed by atoms with Gasteiger partial charge in [0.25, 0.3) is 0 Å². The summed E-state index contributed by atoms with van der Waals surface area (Å²) >= 11 is 0. The van der Waals surface area contributed by atoms with Crippen LogP contribution in [0.15, 0.2) is 177 Å². The minimum absolute atomic E-state index is 0.644. The molecule has 6 aromatic carbocycles. The number of pyridine rings is 2. The van der Waals surface area contributed by atoms with Crippen molar-refractivity contribution in [3.63, 3.8) is 0 Å². The molecule has 6 nitrogen and oxygen atoms in total. The zero-order chi connectivity index (χ0) is 34.2. The van der Waals surface area contributed by atoms with Crippen molar-refractivity contribution in [2.75, 3.05) is 4.90 Å². The van der Waals surface area contributed by atoms with Crippen LogP contribution in [-0.2, 0) is 0 Å². The number of aromatic nitrogens is 2. The van der Waals surface area contributed by atoms with Crippen molar-refractivity contribution in [1.29, 1.82) is 0 Å². The van der Waals surface area contributed by atoms with Gasteiger partial charge in [0.1, 0.15) is 22.3 Å². The number of fused-ring (bicyclic) bond motifs is 9. The lowest BCUT2D eigenvalue weighted by Crippen LogP contribution is -2.10. The van der Waals surface area contributed by atoms with E-state index in [-0.39, 0.29) is 0 Å². The molecular formula is C46H27N3O3. The zero-order valence-corrected chi connectivity index (χ0v) is 27.7. The molecule has 0 saturated carbocycles. The van der Waals surface area contributed by atoms with Crippen LogP contribution in [0.5, 0.6) is 0 Å². The van der Waals surface area contributed by atoms with Crippen molar-refractivity contribution < 1.29 is 13.3 Å². The summed E-state index contributed by atoms with van der Waals surface area (Å²) in [5.41, 5.74) is 12.1. The van der Waals surface area contributed by atoms with Gasteiger partial charge in [-0.2, -0.15) is 0 Å². The van der Waals surface area contributed by atoms with Gasteiger partial charge in [-0.15, -0.1) is 0 Å². The quantitative estimate of drug-likeness (QED) is 0.182. The first-order chi connectivity index (χ1) is 25.8. The number of anilines is 3. The van der Waals surface area contributed by atoms with Gasteiger partial charge in [0.15, 0.2) is 5.58 Å². The van der Waals surface area contributed by atoms with Gasteiger partial charge in [0, 0.05) is 61.8 Å². The first kappa shape index (κ1) is 28.6. The minimum Gasteiger partial charge on any atom is -0.456 e. The summed E-state index contributed by atoms with van der Waals surface area (Å²) in [7, 11) is 0. The van der Waals surface area contributed by atoms with Gasteiger partial charge in [0.2, 0.25) is 5.71 Å². The average molecular weight is 670 g/mol. The Bertz CT molecular complexity index is 2980. The molecule has 0 amide bonds. The molecule has 0 aliphatic heterocycles. The lowest BCUT2D eigenvalue weighted by molar-refractivity contribution is 0.655. The van der Waals surface area contributed by atoms with Crippen LogP contribution in [-0.4, -0.2) is 9.97 Å². The fourth-order valence-electron chi connectivity index (χ4n) is 7.69. The number of para-hydroxylation sites is 3. The molecule has 0 bridgehead atoms. The second-order valence-electron chi connectivity index (χ2n) is 13.0. The second-order valence-corrected chi connectivity index (χ2v) is 13.0. The van der Waals surface area contributed by atoms with Crippen LogP contribution in [0, 0.1) is 0 Å². The summed E-state index contributed by atoms with van der Waals surface area (Å²) in [6.45, 7) is 0. The average Bonchev–Trinajstić information content (AvgIpc) is 3.90. The number of rotatable bonds is 5. The number of hydrogen-bond acceptors (Lipinski definition) is 6. The Morgan fingerprint density at radius 3 is 1.83 bits per heavy atom. The SMILES string of the molecule is c1ccc2c(c1)oc1cccc(N(c3ccc(-c4cccc5c4oc4cnccc45)cc3)c3ccc(-c4cccc5c4oc4ncccc45)cc3)c12. The normalized spacial score (nSPS) is 11.8. The van der Waals surface area contributed by atoms with Gasteiger partial charge < -0.3 is 18.2 Å². The predicted octanol–water partition coefficient (Wildman–Crippen LogP) is 13.0. The molecule has 11 aromatic rings. The molecule has 5 aromatic heterocycles. The topological polar surface area (TPSA) is 68.4 Å². The van der Waals surface area contributed by atoms with Crippen LogP contribution in [0.4, 0.5) is 17.1 Å². The van der Waals surface area contributed by atoms with E-state index in [2.05, 4.69) is 130 Å². The number of furan rings is 3. The van der Waals surface area contributed by atoms with Crippen molar-refractivity contribution >= 4 is 83.0 Å². The summed E-state index contributed by atoms with van der Waals surface area (Å²) in [6.07, 6.45) is 5.35. The Morgan fingerprint density at radius 2 is 1.06 bits per heavy atom. The van der Waals surface area contributed by atoms with Gasteiger partial charge in [-0.05, 0) is 71.8 Å². The molecule has 5 heterocycles. The van der Waals surface area contributed by atoms with Gasteiger partial charge in [-0.3, -0.25) is 4.98 Å². The van der Waals surface area contributed by atoms with E-state index in [1.165, 1.54) is 0 Å². The van der Waals surface area contributed by atoms with E-state index in [0.717, 1.165) is 99.5 Å². The smallest absolute Gasteiger partial charge is 0.227 e. The highest BCUT2D eigenvalue weighted by atomic mass is 16.3. The molecule has 0 aliphatic rings. The van der Waals surface area contributed by atoms with E-state index in [9.17, 15) is 0 Å². The second kappa shape index (κ2) is 11.2. The molecule has 0 atom stereocenters. The van der Waals surface area contributed by atoms with Gasteiger partial charge in [-0.1, -0.05) is 84.9 Å². The zero-order valence-electron chi connectivity index (χ0n) is 27.7. The van der Waals surface area contributed by atoms with Crippen molar-refractivity contribution in [3.8, 4) is 22.3 Å². The lowest BCUT2D eigenvalue weighted by Gasteiger charge is -2.26. The highest BCUT2D eigenvalue weighted by molar-refractivity contribution is 6.14. The van der Waals surface area contributed by atoms with Crippen LogP contribution in [0.25, 0.3) is 88.2 Å². The first-order valence-electron chi connectivity index (χ1n) is 17.2. The Hall–Kier alpha value is -7.18. The lowest BCUT2D eigenvalue weighted by atomic mass is 10.0. The molecule has 0 aliphatic carbocycles. The van der Waals surface area contributed by atoms with E-state index in [0.29, 0.717) is 5.71 Å². The molecule has 11 rings (SSSR count). The van der Waals surface area contributed by atoms with E-state index >= 15 is 0 Å². The number of benzene rings is 6. The fourth-order valence-corrected chi connectivity index (χ4v) is 7.69. The van der Waals surface area contributed by atoms with Crippen molar-refractivity contribution in [3.05, 3.63) is 164 Å². The van der Waals surface area contributed by atoms with Crippen molar-refractivity contribution in [1.82, 2.24) is 9.97 Å². The third-order valence-electron chi connectivity index (χ3n) is 10.1. The summed E-state index contributed by atoms with van der Waals surface area (Å²) < 4.78 is 19.0. The fraction of sp³-hybridized carbons (Fsp3) is 0. The first-order valence-corrected chi connectivity index (χ1v) is 17.2. The van der Waals surface area contributed by atoms with Crippen LogP contribution in [0.3, 0.4) is 0 Å². The molecule has 0 N–H and O–H groups in total. The largest absolute Gasteiger partial charge is 0.456 e. The molecule has 244 valence electrons. The van der Waals surface area contributed by atoms with Gasteiger partial charge in [0.05, 0.1) is 17.3 Å². The monoisotopic (exact) mass is 669 g/mol. The Morgan fingerprint density at radius 1 is 0.423 bits per heavy atom. The van der Waals surface area contributed by atoms with Gasteiger partial charge in [-0.25, -0.2) is 4.98 Å². The predicted molar refractivity (Wildman–Crippen MR) is 209 cm³/mol. The molecule has 0 unspecified atom stereocenters. The maximum absolute atomic E-state index is 6.34. The summed E-state index contributed by atoms with van der Waals surface area (Å²) in [5, 5.41) is 6.34. The summed E-state index contributed by atoms with van der Waals surface area (Å²) in [6, 6.07) is 50.4.